The van der Waals surface area contributed by atoms with Gasteiger partial charge in [0, 0.05) is 0 Å². The molecule has 2 unspecified atom stereocenters. The van der Waals surface area contributed by atoms with Gasteiger partial charge in [0.05, 0.1) is 26.2 Å². The van der Waals surface area contributed by atoms with Gasteiger partial charge in [0.2, 0.25) is 0 Å². The van der Waals surface area contributed by atoms with E-state index in [1.165, 1.54) is 19.5 Å². The molecule has 1 heterocycles. The van der Waals surface area contributed by atoms with Crippen LogP contribution in [0.5, 0.6) is 0 Å². The molecule has 1 aliphatic heterocycles. The average molecular weight is 227 g/mol. The fourth-order valence-corrected chi connectivity index (χ4v) is 2.87. The molecule has 1 rings (SSSR count). The van der Waals surface area contributed by atoms with Crippen LogP contribution in [0, 0.1) is 0 Å². The molecular formula is C13H29N3+2. The summed E-state index contributed by atoms with van der Waals surface area (Å²) < 4.78 is 2.53. The summed E-state index contributed by atoms with van der Waals surface area (Å²) in [6, 6.07) is 0.746. The van der Waals surface area contributed by atoms with Crippen LogP contribution < -0.4 is 4.90 Å². The minimum absolute atomic E-state index is 0.746. The number of hydrogen-bond donors (Lipinski definition) is 1. The van der Waals surface area contributed by atoms with Gasteiger partial charge in [-0.25, -0.2) is 14.4 Å². The Hall–Kier alpha value is -0.570. The molecule has 2 atom stereocenters. The molecule has 16 heavy (non-hydrogen) atoms. The number of guanidine groups is 1. The molecule has 1 aliphatic rings. The summed E-state index contributed by atoms with van der Waals surface area (Å²) in [6.07, 6.45) is 1.27. The Morgan fingerprint density at radius 3 is 2.19 bits per heavy atom. The molecule has 3 heteroatoms. The van der Waals surface area contributed by atoms with Crippen LogP contribution >= 0.6 is 0 Å². The van der Waals surface area contributed by atoms with Gasteiger partial charge in [-0.15, -0.1) is 0 Å². The largest absolute Gasteiger partial charge is 0.444 e. The molecule has 3 nitrogen and oxygen atoms in total. The van der Waals surface area contributed by atoms with E-state index >= 15 is 0 Å². The Morgan fingerprint density at radius 2 is 1.81 bits per heavy atom. The summed E-state index contributed by atoms with van der Waals surface area (Å²) in [7, 11) is 0. The van der Waals surface area contributed by atoms with E-state index in [4.69, 9.17) is 0 Å². The Labute approximate surface area is 101 Å². The smallest absolute Gasteiger partial charge is 0.228 e. The molecule has 0 spiro atoms. The van der Waals surface area contributed by atoms with Crippen molar-refractivity contribution in [1.29, 1.82) is 0 Å². The number of likely N-dealkylation sites (N-methyl/N-ethyl adjacent to an activating group) is 2. The molecule has 0 saturated carbocycles. The highest BCUT2D eigenvalue weighted by atomic mass is 15.5. The van der Waals surface area contributed by atoms with Gasteiger partial charge in [0.1, 0.15) is 6.54 Å². The first-order valence-electron chi connectivity index (χ1n) is 6.96. The molecule has 0 radical (unpaired) electrons. The molecule has 0 bridgehead atoms. The van der Waals surface area contributed by atoms with Crippen molar-refractivity contribution in [1.82, 2.24) is 4.90 Å². The quantitative estimate of drug-likeness (QED) is 0.670. The van der Waals surface area contributed by atoms with E-state index in [-0.39, 0.29) is 0 Å². The fraction of sp³-hybridized carbons (Fsp3) is 0.923. The highest BCUT2D eigenvalue weighted by Crippen LogP contribution is 2.06. The second kappa shape index (κ2) is 6.24. The van der Waals surface area contributed by atoms with Gasteiger partial charge in [0.25, 0.3) is 0 Å². The third-order valence-electron chi connectivity index (χ3n) is 3.81. The van der Waals surface area contributed by atoms with Crippen molar-refractivity contribution in [3.8, 4) is 0 Å². The number of hydrogen-bond acceptors (Lipinski definition) is 0. The first-order valence-corrected chi connectivity index (χ1v) is 6.96. The lowest BCUT2D eigenvalue weighted by Crippen LogP contribution is -3.14. The van der Waals surface area contributed by atoms with Crippen molar-refractivity contribution in [2.75, 3.05) is 32.7 Å². The fourth-order valence-electron chi connectivity index (χ4n) is 2.87. The van der Waals surface area contributed by atoms with E-state index in [1.807, 2.05) is 0 Å². The summed E-state index contributed by atoms with van der Waals surface area (Å²) >= 11 is 0. The van der Waals surface area contributed by atoms with E-state index in [0.29, 0.717) is 0 Å². The first kappa shape index (κ1) is 13.5. The Morgan fingerprint density at radius 1 is 1.19 bits per heavy atom. The maximum Gasteiger partial charge on any atom is 0.444 e. The molecule has 94 valence electrons. The second-order valence-corrected chi connectivity index (χ2v) is 4.51. The second-order valence-electron chi connectivity index (χ2n) is 4.51. The first-order chi connectivity index (χ1) is 7.73. The van der Waals surface area contributed by atoms with Gasteiger partial charge < -0.3 is 0 Å². The van der Waals surface area contributed by atoms with Crippen LogP contribution in [0.4, 0.5) is 0 Å². The van der Waals surface area contributed by atoms with E-state index in [9.17, 15) is 0 Å². The lowest BCUT2D eigenvalue weighted by molar-refractivity contribution is -0.826. The van der Waals surface area contributed by atoms with Gasteiger partial charge in [0.15, 0.2) is 6.04 Å². The predicted octanol–water partition coefficient (Wildman–Crippen LogP) is 0.414. The molecule has 0 aromatic rings. The Balaban J connectivity index is 3.04. The molecule has 0 aliphatic carbocycles. The van der Waals surface area contributed by atoms with Gasteiger partial charge in [-0.3, -0.25) is 0 Å². The van der Waals surface area contributed by atoms with Crippen molar-refractivity contribution >= 4 is 5.96 Å². The third kappa shape index (κ3) is 2.40. The maximum atomic E-state index is 2.62. The van der Waals surface area contributed by atoms with E-state index in [1.54, 1.807) is 10.9 Å². The zero-order valence-corrected chi connectivity index (χ0v) is 11.7. The van der Waals surface area contributed by atoms with Crippen LogP contribution in [0.25, 0.3) is 0 Å². The van der Waals surface area contributed by atoms with E-state index < -0.39 is 0 Å². The highest BCUT2D eigenvalue weighted by Gasteiger charge is 2.45. The van der Waals surface area contributed by atoms with Crippen LogP contribution in [0.15, 0.2) is 0 Å². The lowest BCUT2D eigenvalue weighted by atomic mass is 10.2. The summed E-state index contributed by atoms with van der Waals surface area (Å²) in [5.41, 5.74) is 0. The Bertz CT molecular complexity index is 242. The van der Waals surface area contributed by atoms with Crippen molar-refractivity contribution in [2.24, 2.45) is 0 Å². The predicted molar refractivity (Wildman–Crippen MR) is 69.2 cm³/mol. The number of nitrogens with zero attached hydrogens (tertiary/aromatic N) is 2. The van der Waals surface area contributed by atoms with E-state index in [0.717, 1.165) is 25.7 Å². The highest BCUT2D eigenvalue weighted by molar-refractivity contribution is 5.68. The van der Waals surface area contributed by atoms with Crippen LogP contribution in [0.2, 0.25) is 0 Å². The van der Waals surface area contributed by atoms with Crippen LogP contribution in [-0.4, -0.2) is 54.2 Å². The lowest BCUT2D eigenvalue weighted by Gasteiger charge is -2.15. The topological polar surface area (TPSA) is 10.7 Å². The van der Waals surface area contributed by atoms with Crippen LogP contribution in [-0.2, 0) is 0 Å². The zero-order chi connectivity index (χ0) is 12.1. The van der Waals surface area contributed by atoms with Crippen molar-refractivity contribution in [3.63, 3.8) is 0 Å². The summed E-state index contributed by atoms with van der Waals surface area (Å²) in [5, 5.41) is 0. The minimum Gasteiger partial charge on any atom is -0.228 e. The van der Waals surface area contributed by atoms with Gasteiger partial charge in [-0.05, 0) is 34.1 Å². The van der Waals surface area contributed by atoms with Gasteiger partial charge in [-0.2, -0.15) is 0 Å². The molecule has 0 amide bonds. The Kier molecular flexibility index (Phi) is 5.26. The zero-order valence-electron chi connectivity index (χ0n) is 11.7. The minimum atomic E-state index is 0.746. The van der Waals surface area contributed by atoms with E-state index in [2.05, 4.69) is 44.1 Å². The summed E-state index contributed by atoms with van der Waals surface area (Å²) in [6.45, 7) is 17.3. The molecule has 1 fully saturated rings. The maximum absolute atomic E-state index is 2.62. The van der Waals surface area contributed by atoms with Crippen molar-refractivity contribution in [3.05, 3.63) is 0 Å². The monoisotopic (exact) mass is 227 g/mol. The third-order valence-corrected chi connectivity index (χ3v) is 3.81. The molecular weight excluding hydrogens is 198 g/mol. The van der Waals surface area contributed by atoms with Crippen molar-refractivity contribution in [2.45, 2.75) is 47.1 Å². The number of quaternary nitrogens is 1. The number of rotatable bonds is 5. The molecule has 0 aromatic heterocycles. The molecule has 1 saturated heterocycles. The average Bonchev–Trinajstić information content (AvgIpc) is 2.68. The molecule has 1 N–H and O–H groups in total. The van der Waals surface area contributed by atoms with Crippen molar-refractivity contribution < 1.29 is 9.48 Å². The number of nitrogens with one attached hydrogen (secondary N) is 1. The summed E-state index contributed by atoms with van der Waals surface area (Å²) in [5.74, 6) is 1.54. The van der Waals surface area contributed by atoms with Gasteiger partial charge in [-0.1, -0.05) is 6.92 Å². The summed E-state index contributed by atoms with van der Waals surface area (Å²) in [4.78, 5) is 4.28. The normalized spacial score (nSPS) is 25.3. The van der Waals surface area contributed by atoms with Crippen LogP contribution in [0.3, 0.4) is 0 Å². The van der Waals surface area contributed by atoms with Gasteiger partial charge >= 0.3 is 5.96 Å². The van der Waals surface area contributed by atoms with Crippen LogP contribution in [0.1, 0.15) is 41.0 Å². The molecule has 0 aromatic carbocycles. The standard InChI is InChI=1S/C13H28N3/c1-6-12-11-15(9-4)13(16(12)10-5)14(7-2)8-3/h12H,6-11H2,1-5H3/q+1/p+1. The SMILES string of the molecule is CCC1C[NH+](CC)C(=[N+](CC)CC)N1CC.